The second-order valence-corrected chi connectivity index (χ2v) is 9.12. The molecule has 5 nitrogen and oxygen atoms in total. The number of nitrogens with two attached hydrogens (primary N) is 1. The van der Waals surface area contributed by atoms with Crippen LogP contribution in [0.2, 0.25) is 0 Å². The zero-order valence-corrected chi connectivity index (χ0v) is 16.7. The molecular weight excluding hydrogens is 338 g/mol. The van der Waals surface area contributed by atoms with E-state index in [0.29, 0.717) is 17.5 Å². The van der Waals surface area contributed by atoms with Crippen molar-refractivity contribution in [3.63, 3.8) is 0 Å². The van der Waals surface area contributed by atoms with Crippen molar-refractivity contribution in [3.05, 3.63) is 29.6 Å². The summed E-state index contributed by atoms with van der Waals surface area (Å²) < 4.78 is 6.30. The number of piperidine rings is 1. The number of amides is 1. The lowest BCUT2D eigenvalue weighted by atomic mass is 9.62. The number of methoxy groups -OCH3 is 1. The molecule has 0 aromatic carbocycles. The molecule has 4 rings (SSSR count). The van der Waals surface area contributed by atoms with Crippen molar-refractivity contribution in [1.82, 2.24) is 9.88 Å². The lowest BCUT2D eigenvalue weighted by Gasteiger charge is -2.55. The van der Waals surface area contributed by atoms with E-state index in [1.807, 2.05) is 19.2 Å². The number of likely N-dealkylation sites (tertiary alicyclic amines) is 1. The van der Waals surface area contributed by atoms with Gasteiger partial charge < -0.3 is 15.4 Å². The molecule has 27 heavy (non-hydrogen) atoms. The summed E-state index contributed by atoms with van der Waals surface area (Å²) in [5.74, 6) is 2.19. The first kappa shape index (κ1) is 18.9. The second kappa shape index (κ2) is 7.51. The molecule has 2 aliphatic carbocycles. The number of carbonyl (C=O) groups is 1. The van der Waals surface area contributed by atoms with Gasteiger partial charge in [0.25, 0.3) is 5.91 Å². The SMILES string of the molecule is COC1(c2ccnc(C(N)=O)c2)C2CCCC1CN(CC1CC[C@H](C)C1)C2. The number of ether oxygens (including phenoxy) is 1. The number of pyridine rings is 1. The van der Waals surface area contributed by atoms with E-state index in [4.69, 9.17) is 10.5 Å². The number of carbonyl (C=O) groups excluding carboxylic acids is 1. The van der Waals surface area contributed by atoms with Crippen molar-refractivity contribution in [2.24, 2.45) is 29.4 Å². The summed E-state index contributed by atoms with van der Waals surface area (Å²) in [4.78, 5) is 18.5. The maximum absolute atomic E-state index is 11.7. The van der Waals surface area contributed by atoms with Gasteiger partial charge in [0.1, 0.15) is 11.3 Å². The molecule has 4 atom stereocenters. The Labute approximate surface area is 162 Å². The highest BCUT2D eigenvalue weighted by Crippen LogP contribution is 2.51. The maximum atomic E-state index is 11.7. The zero-order valence-electron chi connectivity index (χ0n) is 16.7. The minimum Gasteiger partial charge on any atom is -0.373 e. The van der Waals surface area contributed by atoms with Crippen LogP contribution in [0.5, 0.6) is 0 Å². The standard InChI is InChI=1S/C22H33N3O2/c1-15-6-7-16(10-15)12-25-13-18-4-3-5-19(14-25)22(18,27-2)17-8-9-24-20(11-17)21(23)26/h8-9,11,15-16,18-19H,3-7,10,12-14H2,1-2H3,(H2,23,26)/t15-,16?,18?,19?,22?/m0/s1. The van der Waals surface area contributed by atoms with Gasteiger partial charge in [-0.2, -0.15) is 0 Å². The van der Waals surface area contributed by atoms with Crippen LogP contribution in [0, 0.1) is 23.7 Å². The number of aromatic nitrogens is 1. The molecule has 2 bridgehead atoms. The third kappa shape index (κ3) is 3.40. The van der Waals surface area contributed by atoms with Gasteiger partial charge in [-0.15, -0.1) is 0 Å². The Kier molecular flexibility index (Phi) is 5.26. The van der Waals surface area contributed by atoms with E-state index < -0.39 is 5.91 Å². The van der Waals surface area contributed by atoms with E-state index in [-0.39, 0.29) is 5.60 Å². The highest BCUT2D eigenvalue weighted by Gasteiger charge is 2.53. The van der Waals surface area contributed by atoms with Gasteiger partial charge in [-0.05, 0) is 55.2 Å². The summed E-state index contributed by atoms with van der Waals surface area (Å²) in [5.41, 5.74) is 6.59. The summed E-state index contributed by atoms with van der Waals surface area (Å²) in [7, 11) is 1.84. The van der Waals surface area contributed by atoms with Crippen molar-refractivity contribution in [1.29, 1.82) is 0 Å². The van der Waals surface area contributed by atoms with Gasteiger partial charge in [-0.3, -0.25) is 9.78 Å². The summed E-state index contributed by atoms with van der Waals surface area (Å²) in [5, 5.41) is 0. The number of rotatable bonds is 5. The Hall–Kier alpha value is -1.46. The fraction of sp³-hybridized carbons (Fsp3) is 0.727. The van der Waals surface area contributed by atoms with Gasteiger partial charge in [0.2, 0.25) is 0 Å². The van der Waals surface area contributed by atoms with Crippen LogP contribution in [-0.2, 0) is 10.3 Å². The molecular formula is C22H33N3O2. The predicted molar refractivity (Wildman–Crippen MR) is 105 cm³/mol. The van der Waals surface area contributed by atoms with Crippen LogP contribution < -0.4 is 5.73 Å². The molecule has 0 spiro atoms. The van der Waals surface area contributed by atoms with Crippen LogP contribution in [-0.4, -0.2) is 42.5 Å². The number of hydrogen-bond acceptors (Lipinski definition) is 4. The van der Waals surface area contributed by atoms with Crippen molar-refractivity contribution < 1.29 is 9.53 Å². The lowest BCUT2D eigenvalue weighted by Crippen LogP contribution is -2.59. The Balaban J connectivity index is 1.59. The number of fused-ring (bicyclic) bond motifs is 2. The van der Waals surface area contributed by atoms with Gasteiger partial charge in [0, 0.05) is 44.8 Å². The molecule has 0 radical (unpaired) electrons. The number of hydrogen-bond donors (Lipinski definition) is 1. The smallest absolute Gasteiger partial charge is 0.267 e. The highest BCUT2D eigenvalue weighted by atomic mass is 16.5. The van der Waals surface area contributed by atoms with Crippen LogP contribution in [0.3, 0.4) is 0 Å². The Morgan fingerprint density at radius 2 is 2.04 bits per heavy atom. The molecule has 3 aliphatic rings. The molecule has 2 N–H and O–H groups in total. The molecule has 5 heteroatoms. The summed E-state index contributed by atoms with van der Waals surface area (Å²) >= 11 is 0. The predicted octanol–water partition coefficient (Wildman–Crippen LogP) is 3.19. The van der Waals surface area contributed by atoms with Gasteiger partial charge in [-0.1, -0.05) is 19.8 Å². The van der Waals surface area contributed by atoms with Crippen LogP contribution in [0.25, 0.3) is 0 Å². The lowest BCUT2D eigenvalue weighted by molar-refractivity contribution is -0.170. The van der Waals surface area contributed by atoms with E-state index in [1.54, 1.807) is 6.20 Å². The molecule has 2 saturated carbocycles. The third-order valence-electron chi connectivity index (χ3n) is 7.40. The first-order chi connectivity index (χ1) is 13.0. The molecule has 1 amide bonds. The first-order valence-corrected chi connectivity index (χ1v) is 10.6. The molecule has 3 unspecified atom stereocenters. The zero-order chi connectivity index (χ0) is 19.0. The van der Waals surface area contributed by atoms with E-state index in [2.05, 4.69) is 16.8 Å². The average Bonchev–Trinajstić information content (AvgIpc) is 3.06. The minimum atomic E-state index is -0.471. The van der Waals surface area contributed by atoms with E-state index >= 15 is 0 Å². The molecule has 1 saturated heterocycles. The Morgan fingerprint density at radius 3 is 2.63 bits per heavy atom. The largest absolute Gasteiger partial charge is 0.373 e. The van der Waals surface area contributed by atoms with Crippen LogP contribution >= 0.6 is 0 Å². The molecule has 148 valence electrons. The normalized spacial score (nSPS) is 36.7. The second-order valence-electron chi connectivity index (χ2n) is 9.12. The first-order valence-electron chi connectivity index (χ1n) is 10.6. The maximum Gasteiger partial charge on any atom is 0.267 e. The molecule has 1 aromatic heterocycles. The fourth-order valence-corrected chi connectivity index (χ4v) is 6.26. The summed E-state index contributed by atoms with van der Waals surface area (Å²) in [6.07, 6.45) is 9.48. The van der Waals surface area contributed by atoms with E-state index in [1.165, 1.54) is 45.1 Å². The minimum absolute atomic E-state index is 0.315. The molecule has 1 aromatic rings. The van der Waals surface area contributed by atoms with Crippen LogP contribution in [0.15, 0.2) is 18.3 Å². The van der Waals surface area contributed by atoms with Crippen molar-refractivity contribution in [2.45, 2.75) is 51.0 Å². The van der Waals surface area contributed by atoms with Crippen LogP contribution in [0.4, 0.5) is 0 Å². The van der Waals surface area contributed by atoms with Crippen LogP contribution in [0.1, 0.15) is 61.5 Å². The Bertz CT molecular complexity index is 678. The van der Waals surface area contributed by atoms with Gasteiger partial charge in [-0.25, -0.2) is 0 Å². The number of nitrogens with zero attached hydrogens (tertiary/aromatic N) is 2. The fourth-order valence-electron chi connectivity index (χ4n) is 6.26. The number of primary amides is 1. The van der Waals surface area contributed by atoms with E-state index in [0.717, 1.165) is 30.5 Å². The quantitative estimate of drug-likeness (QED) is 0.863. The Morgan fingerprint density at radius 1 is 1.30 bits per heavy atom. The average molecular weight is 372 g/mol. The molecule has 2 heterocycles. The third-order valence-corrected chi connectivity index (χ3v) is 7.40. The summed E-state index contributed by atoms with van der Waals surface area (Å²) in [6.45, 7) is 5.80. The highest BCUT2D eigenvalue weighted by molar-refractivity contribution is 5.90. The van der Waals surface area contributed by atoms with Gasteiger partial charge >= 0.3 is 0 Å². The van der Waals surface area contributed by atoms with Gasteiger partial charge in [0.05, 0.1) is 0 Å². The van der Waals surface area contributed by atoms with Crippen molar-refractivity contribution >= 4 is 5.91 Å². The molecule has 3 fully saturated rings. The molecule has 1 aliphatic heterocycles. The van der Waals surface area contributed by atoms with Crippen molar-refractivity contribution in [3.8, 4) is 0 Å². The summed E-state index contributed by atoms with van der Waals surface area (Å²) in [6, 6.07) is 3.89. The van der Waals surface area contributed by atoms with E-state index in [9.17, 15) is 4.79 Å². The van der Waals surface area contributed by atoms with Gasteiger partial charge in [0.15, 0.2) is 0 Å². The topological polar surface area (TPSA) is 68.5 Å². The monoisotopic (exact) mass is 371 g/mol. The van der Waals surface area contributed by atoms with Crippen molar-refractivity contribution in [2.75, 3.05) is 26.7 Å².